The second-order valence-electron chi connectivity index (χ2n) is 8.35. The summed E-state index contributed by atoms with van der Waals surface area (Å²) in [5.41, 5.74) is 3.08. The summed E-state index contributed by atoms with van der Waals surface area (Å²) in [5.74, 6) is 0.684. The number of halogens is 2. The number of benzene rings is 2. The molecule has 0 saturated heterocycles. The summed E-state index contributed by atoms with van der Waals surface area (Å²) in [6.07, 6.45) is 4.72. The molecular weight excluding hydrogens is 547 g/mol. The molecule has 1 aliphatic heterocycles. The van der Waals surface area contributed by atoms with E-state index in [0.29, 0.717) is 40.5 Å². The van der Waals surface area contributed by atoms with Crippen molar-refractivity contribution in [2.24, 2.45) is 0 Å². The molecule has 0 aliphatic carbocycles. The van der Waals surface area contributed by atoms with Crippen LogP contribution in [-0.4, -0.2) is 49.6 Å². The van der Waals surface area contributed by atoms with Crippen LogP contribution in [0, 0.1) is 6.92 Å². The van der Waals surface area contributed by atoms with Crippen LogP contribution in [0.1, 0.15) is 16.7 Å². The maximum absolute atomic E-state index is 13.5. The summed E-state index contributed by atoms with van der Waals surface area (Å²) in [5, 5.41) is 5.55. The zero-order valence-electron chi connectivity index (χ0n) is 21.4. The van der Waals surface area contributed by atoms with Crippen molar-refractivity contribution in [3.8, 4) is 11.5 Å². The standard InChI is InChI=1S/C26H24Cl2N6O5/c1-14-6-5-7-15(8-9-19(36)30-13-35)22(14)31-25-29-11-16-12-34(26(37)33(2)24(16)32-25)23-20(27)17(38-3)10-18(39-4)21(23)28/h5-11,13H,12H2,1-4H3,(H,29,31,32)(H,30,35,36). The fourth-order valence-electron chi connectivity index (χ4n) is 4.04. The number of carbonyl (C=O) groups is 3. The van der Waals surface area contributed by atoms with Crippen LogP contribution in [0.2, 0.25) is 10.0 Å². The molecule has 202 valence electrons. The summed E-state index contributed by atoms with van der Waals surface area (Å²) in [4.78, 5) is 47.5. The number of anilines is 4. The SMILES string of the molecule is COc1cc(OC)c(Cl)c(N2Cc3cnc(Nc4c(C)cccc4C=CC(=O)NC=O)nc3N(C)C2=O)c1Cl. The molecule has 4 amide bonds. The van der Waals surface area contributed by atoms with Crippen molar-refractivity contribution >= 4 is 70.8 Å². The van der Waals surface area contributed by atoms with Crippen molar-refractivity contribution in [1.82, 2.24) is 15.3 Å². The van der Waals surface area contributed by atoms with E-state index in [9.17, 15) is 14.4 Å². The van der Waals surface area contributed by atoms with E-state index in [2.05, 4.69) is 20.6 Å². The zero-order valence-corrected chi connectivity index (χ0v) is 22.9. The molecule has 2 N–H and O–H groups in total. The lowest BCUT2D eigenvalue weighted by Crippen LogP contribution is -2.46. The second kappa shape index (κ2) is 11.6. The molecule has 13 heteroatoms. The Morgan fingerprint density at radius 2 is 1.85 bits per heavy atom. The third-order valence-corrected chi connectivity index (χ3v) is 6.71. The Labute approximate surface area is 234 Å². The molecule has 11 nitrogen and oxygen atoms in total. The van der Waals surface area contributed by atoms with Gasteiger partial charge in [0.1, 0.15) is 27.4 Å². The number of ether oxygens (including phenoxy) is 2. The molecule has 0 saturated carbocycles. The smallest absolute Gasteiger partial charge is 0.330 e. The van der Waals surface area contributed by atoms with Gasteiger partial charge in [0, 0.05) is 31.0 Å². The van der Waals surface area contributed by atoms with E-state index in [0.717, 1.165) is 5.56 Å². The highest BCUT2D eigenvalue weighted by Crippen LogP contribution is 2.47. The highest BCUT2D eigenvalue weighted by molar-refractivity contribution is 6.42. The number of nitrogens with zero attached hydrogens (tertiary/aromatic N) is 4. The van der Waals surface area contributed by atoms with E-state index in [1.807, 2.05) is 19.1 Å². The minimum atomic E-state index is -0.555. The van der Waals surface area contributed by atoms with Crippen LogP contribution in [0.3, 0.4) is 0 Å². The van der Waals surface area contributed by atoms with Crippen molar-refractivity contribution in [2.45, 2.75) is 13.5 Å². The number of fused-ring (bicyclic) bond motifs is 1. The van der Waals surface area contributed by atoms with Gasteiger partial charge in [0.05, 0.1) is 32.1 Å². The predicted octanol–water partition coefficient (Wildman–Crippen LogP) is 4.71. The van der Waals surface area contributed by atoms with Gasteiger partial charge in [0.25, 0.3) is 0 Å². The van der Waals surface area contributed by atoms with Gasteiger partial charge in [-0.1, -0.05) is 41.4 Å². The van der Waals surface area contributed by atoms with E-state index in [4.69, 9.17) is 32.7 Å². The van der Waals surface area contributed by atoms with Gasteiger partial charge in [-0.15, -0.1) is 0 Å². The topological polar surface area (TPSA) is 126 Å². The van der Waals surface area contributed by atoms with Crippen LogP contribution in [0.25, 0.3) is 6.08 Å². The Morgan fingerprint density at radius 1 is 1.15 bits per heavy atom. The van der Waals surface area contributed by atoms with Gasteiger partial charge in [-0.05, 0) is 24.1 Å². The number of nitrogens with one attached hydrogen (secondary N) is 2. The summed E-state index contributed by atoms with van der Waals surface area (Å²) >= 11 is 13.1. The van der Waals surface area contributed by atoms with Gasteiger partial charge in [-0.2, -0.15) is 4.98 Å². The van der Waals surface area contributed by atoms with Crippen molar-refractivity contribution in [3.63, 3.8) is 0 Å². The summed E-state index contributed by atoms with van der Waals surface area (Å²) in [7, 11) is 4.49. The predicted molar refractivity (Wildman–Crippen MR) is 149 cm³/mol. The van der Waals surface area contributed by atoms with Crippen LogP contribution >= 0.6 is 23.2 Å². The van der Waals surface area contributed by atoms with E-state index < -0.39 is 11.9 Å². The maximum Gasteiger partial charge on any atom is 0.330 e. The van der Waals surface area contributed by atoms with Gasteiger partial charge in [0.2, 0.25) is 18.3 Å². The zero-order chi connectivity index (χ0) is 28.3. The number of rotatable bonds is 8. The third-order valence-electron chi connectivity index (χ3n) is 5.98. The lowest BCUT2D eigenvalue weighted by Gasteiger charge is -2.35. The molecule has 0 atom stereocenters. The van der Waals surface area contributed by atoms with Gasteiger partial charge in [-0.3, -0.25) is 24.7 Å². The first-order chi connectivity index (χ1) is 18.7. The van der Waals surface area contributed by atoms with Crippen molar-refractivity contribution in [2.75, 3.05) is 36.4 Å². The number of aryl methyl sites for hydroxylation is 1. The monoisotopic (exact) mass is 570 g/mol. The molecule has 39 heavy (non-hydrogen) atoms. The molecule has 1 aliphatic rings. The molecule has 0 unspecified atom stereocenters. The van der Waals surface area contributed by atoms with E-state index >= 15 is 0 Å². The highest BCUT2D eigenvalue weighted by atomic mass is 35.5. The fourth-order valence-corrected chi connectivity index (χ4v) is 4.74. The Bertz CT molecular complexity index is 1470. The van der Waals surface area contributed by atoms with Crippen LogP contribution in [0.4, 0.5) is 27.9 Å². The number of hydrogen-bond acceptors (Lipinski definition) is 8. The van der Waals surface area contributed by atoms with Crippen LogP contribution in [0.5, 0.6) is 11.5 Å². The quantitative estimate of drug-likeness (QED) is 0.294. The van der Waals surface area contributed by atoms with Crippen LogP contribution in [0.15, 0.2) is 36.5 Å². The Hall–Kier alpha value is -4.35. The molecular formula is C26H24Cl2N6O5. The number of methoxy groups -OCH3 is 2. The third kappa shape index (κ3) is 5.45. The lowest BCUT2D eigenvalue weighted by atomic mass is 10.1. The van der Waals surface area contributed by atoms with Gasteiger partial charge >= 0.3 is 6.03 Å². The van der Waals surface area contributed by atoms with Crippen LogP contribution < -0.4 is 29.9 Å². The largest absolute Gasteiger partial charge is 0.495 e. The van der Waals surface area contributed by atoms with Crippen molar-refractivity contribution < 1.29 is 23.9 Å². The summed E-state index contributed by atoms with van der Waals surface area (Å²) in [6, 6.07) is 6.63. The molecule has 3 aromatic rings. The number of para-hydroxylation sites is 1. The number of amides is 4. The minimum absolute atomic E-state index is 0.0960. The average Bonchev–Trinajstić information content (AvgIpc) is 2.92. The van der Waals surface area contributed by atoms with Gasteiger partial charge < -0.3 is 14.8 Å². The first kappa shape index (κ1) is 27.7. The number of hydrogen-bond donors (Lipinski definition) is 2. The molecule has 4 rings (SSSR count). The van der Waals surface area contributed by atoms with Crippen molar-refractivity contribution in [1.29, 1.82) is 0 Å². The molecule has 2 heterocycles. The fraction of sp³-hybridized carbons (Fsp3) is 0.192. The van der Waals surface area contributed by atoms with Gasteiger partial charge in [0.15, 0.2) is 0 Å². The normalized spacial score (nSPS) is 12.8. The summed E-state index contributed by atoms with van der Waals surface area (Å²) in [6.45, 7) is 1.98. The maximum atomic E-state index is 13.5. The van der Waals surface area contributed by atoms with Crippen LogP contribution in [-0.2, 0) is 16.1 Å². The minimum Gasteiger partial charge on any atom is -0.495 e. The average molecular weight is 571 g/mol. The molecule has 2 aromatic carbocycles. The molecule has 0 bridgehead atoms. The molecule has 0 fully saturated rings. The second-order valence-corrected chi connectivity index (χ2v) is 9.11. The number of carbonyl (C=O) groups excluding carboxylic acids is 3. The van der Waals surface area contributed by atoms with Crippen molar-refractivity contribution in [3.05, 3.63) is 63.3 Å². The summed E-state index contributed by atoms with van der Waals surface area (Å²) < 4.78 is 10.7. The Balaban J connectivity index is 1.68. The Kier molecular flexibility index (Phi) is 8.22. The first-order valence-electron chi connectivity index (χ1n) is 11.5. The van der Waals surface area contributed by atoms with E-state index in [-0.39, 0.29) is 28.2 Å². The first-order valence-corrected chi connectivity index (χ1v) is 12.3. The molecule has 0 radical (unpaired) electrons. The lowest BCUT2D eigenvalue weighted by molar-refractivity contribution is -0.121. The highest BCUT2D eigenvalue weighted by Gasteiger charge is 2.35. The number of imide groups is 1. The molecule has 1 aromatic heterocycles. The number of aromatic nitrogens is 2. The Morgan fingerprint density at radius 3 is 2.49 bits per heavy atom. The van der Waals surface area contributed by atoms with E-state index in [1.165, 1.54) is 30.1 Å². The molecule has 0 spiro atoms. The number of urea groups is 1. The van der Waals surface area contributed by atoms with E-state index in [1.54, 1.807) is 31.5 Å². The van der Waals surface area contributed by atoms with Gasteiger partial charge in [-0.25, -0.2) is 9.78 Å².